The zero-order valence-electron chi connectivity index (χ0n) is 14.9. The number of benzene rings is 1. The second kappa shape index (κ2) is 8.53. The zero-order chi connectivity index (χ0) is 18.4. The Kier molecular flexibility index (Phi) is 6.66. The lowest BCUT2D eigenvalue weighted by molar-refractivity contribution is -0.129. The van der Waals surface area contributed by atoms with E-state index in [2.05, 4.69) is 5.32 Å². The van der Waals surface area contributed by atoms with Crippen molar-refractivity contribution >= 4 is 21.6 Å². The molecule has 0 aromatic heterocycles. The fourth-order valence-corrected chi connectivity index (χ4v) is 3.58. The second-order valence-corrected chi connectivity index (χ2v) is 8.36. The maximum atomic E-state index is 12.4. The van der Waals surface area contributed by atoms with Crippen LogP contribution in [-0.2, 0) is 19.6 Å². The maximum absolute atomic E-state index is 12.4. The number of hydrogen-bond acceptors (Lipinski definition) is 5. The number of amides is 1. The lowest BCUT2D eigenvalue weighted by Crippen LogP contribution is -2.39. The Labute approximate surface area is 149 Å². The van der Waals surface area contributed by atoms with Crippen LogP contribution in [-0.4, -0.2) is 52.5 Å². The van der Waals surface area contributed by atoms with E-state index in [-0.39, 0.29) is 24.3 Å². The van der Waals surface area contributed by atoms with E-state index in [1.165, 1.54) is 11.4 Å². The molecule has 1 unspecified atom stereocenters. The van der Waals surface area contributed by atoms with E-state index >= 15 is 0 Å². The summed E-state index contributed by atoms with van der Waals surface area (Å²) in [5, 5.41) is 2.63. The van der Waals surface area contributed by atoms with Crippen LogP contribution in [0, 0.1) is 0 Å². The van der Waals surface area contributed by atoms with Gasteiger partial charge in [-0.15, -0.1) is 0 Å². The number of nitrogens with one attached hydrogen (secondary N) is 1. The molecule has 0 bridgehead atoms. The smallest absolute Gasteiger partial charge is 0.249 e. The Morgan fingerprint density at radius 1 is 1.36 bits per heavy atom. The van der Waals surface area contributed by atoms with Gasteiger partial charge in [0.1, 0.15) is 11.9 Å². The summed E-state index contributed by atoms with van der Waals surface area (Å²) in [6.07, 6.45) is 1.15. The van der Waals surface area contributed by atoms with Crippen LogP contribution in [0.4, 0.5) is 5.69 Å². The topological polar surface area (TPSA) is 84.9 Å². The van der Waals surface area contributed by atoms with Crippen LogP contribution in [0.5, 0.6) is 5.75 Å². The first-order chi connectivity index (χ1) is 11.8. The molecule has 1 atom stereocenters. The standard InChI is InChI=1S/C17H26N2O5S/c1-13(2)24-15-8-6-14(7-9-15)19(3)25(21,22)12-10-18-17(20)16-5-4-11-23-16/h6-9,13,16H,4-5,10-12H2,1-3H3,(H,18,20). The number of sulfonamides is 1. The summed E-state index contributed by atoms with van der Waals surface area (Å²) in [6, 6.07) is 6.86. The first kappa shape index (κ1) is 19.5. The number of anilines is 1. The van der Waals surface area contributed by atoms with Crippen LogP contribution in [0.25, 0.3) is 0 Å². The Morgan fingerprint density at radius 3 is 2.60 bits per heavy atom. The molecule has 1 amide bonds. The third-order valence-corrected chi connectivity index (χ3v) is 5.64. The van der Waals surface area contributed by atoms with E-state index in [9.17, 15) is 13.2 Å². The summed E-state index contributed by atoms with van der Waals surface area (Å²) in [5.74, 6) is 0.269. The molecule has 8 heteroatoms. The van der Waals surface area contributed by atoms with Crippen LogP contribution in [0.2, 0.25) is 0 Å². The Bertz CT molecular complexity index is 667. The lowest BCUT2D eigenvalue weighted by atomic mass is 10.2. The zero-order valence-corrected chi connectivity index (χ0v) is 15.7. The predicted octanol–water partition coefficient (Wildman–Crippen LogP) is 1.53. The monoisotopic (exact) mass is 370 g/mol. The van der Waals surface area contributed by atoms with Gasteiger partial charge >= 0.3 is 0 Å². The molecule has 25 heavy (non-hydrogen) atoms. The summed E-state index contributed by atoms with van der Waals surface area (Å²) in [7, 11) is -2.04. The average molecular weight is 370 g/mol. The van der Waals surface area contributed by atoms with Gasteiger partial charge < -0.3 is 14.8 Å². The number of hydrogen-bond donors (Lipinski definition) is 1. The molecule has 0 saturated carbocycles. The van der Waals surface area contributed by atoms with Crippen molar-refractivity contribution in [3.05, 3.63) is 24.3 Å². The first-order valence-corrected chi connectivity index (χ1v) is 10.0. The third-order valence-electron chi connectivity index (χ3n) is 3.87. The van der Waals surface area contributed by atoms with Gasteiger partial charge in [-0.25, -0.2) is 8.42 Å². The van der Waals surface area contributed by atoms with E-state index in [4.69, 9.17) is 9.47 Å². The second-order valence-electron chi connectivity index (χ2n) is 6.24. The molecule has 1 aliphatic rings. The Morgan fingerprint density at radius 2 is 2.04 bits per heavy atom. The van der Waals surface area contributed by atoms with Gasteiger partial charge in [-0.3, -0.25) is 9.10 Å². The minimum atomic E-state index is -3.53. The van der Waals surface area contributed by atoms with Gasteiger partial charge in [-0.2, -0.15) is 0 Å². The Hall–Kier alpha value is -1.80. The molecule has 0 radical (unpaired) electrons. The molecule has 1 aliphatic heterocycles. The minimum Gasteiger partial charge on any atom is -0.491 e. The van der Waals surface area contributed by atoms with Crippen molar-refractivity contribution in [1.82, 2.24) is 5.32 Å². The van der Waals surface area contributed by atoms with Crippen molar-refractivity contribution < 1.29 is 22.7 Å². The summed E-state index contributed by atoms with van der Waals surface area (Å²) >= 11 is 0. The molecule has 1 aromatic rings. The summed E-state index contributed by atoms with van der Waals surface area (Å²) < 4.78 is 36.8. The summed E-state index contributed by atoms with van der Waals surface area (Å²) in [4.78, 5) is 11.8. The largest absolute Gasteiger partial charge is 0.491 e. The van der Waals surface area contributed by atoms with Gasteiger partial charge in [-0.05, 0) is 51.0 Å². The molecular weight excluding hydrogens is 344 g/mol. The highest BCUT2D eigenvalue weighted by Crippen LogP contribution is 2.21. The van der Waals surface area contributed by atoms with E-state index in [0.29, 0.717) is 24.5 Å². The number of carbonyl (C=O) groups excluding carboxylic acids is 1. The van der Waals surface area contributed by atoms with E-state index in [1.807, 2.05) is 13.8 Å². The molecule has 7 nitrogen and oxygen atoms in total. The maximum Gasteiger partial charge on any atom is 0.249 e. The third kappa shape index (κ3) is 5.61. The fraction of sp³-hybridized carbons (Fsp3) is 0.588. The van der Waals surface area contributed by atoms with Gasteiger partial charge in [-0.1, -0.05) is 0 Å². The van der Waals surface area contributed by atoms with Gasteiger partial charge in [0.15, 0.2) is 0 Å². The number of nitrogens with zero attached hydrogens (tertiary/aromatic N) is 1. The average Bonchev–Trinajstić information content (AvgIpc) is 3.08. The highest BCUT2D eigenvalue weighted by atomic mass is 32.2. The van der Waals surface area contributed by atoms with Crippen molar-refractivity contribution in [1.29, 1.82) is 0 Å². The van der Waals surface area contributed by atoms with E-state index in [0.717, 1.165) is 6.42 Å². The van der Waals surface area contributed by atoms with E-state index in [1.54, 1.807) is 24.3 Å². The highest BCUT2D eigenvalue weighted by molar-refractivity contribution is 7.92. The normalized spacial score (nSPS) is 17.5. The van der Waals surface area contributed by atoms with Crippen molar-refractivity contribution in [2.24, 2.45) is 0 Å². The fourth-order valence-electron chi connectivity index (χ4n) is 2.51. The van der Waals surface area contributed by atoms with Crippen LogP contribution in [0.3, 0.4) is 0 Å². The molecule has 0 spiro atoms. The molecule has 1 saturated heterocycles. The molecule has 0 aliphatic carbocycles. The summed E-state index contributed by atoms with van der Waals surface area (Å²) in [5.41, 5.74) is 0.543. The molecular formula is C17H26N2O5S. The number of carbonyl (C=O) groups is 1. The first-order valence-electron chi connectivity index (χ1n) is 8.42. The number of rotatable bonds is 8. The van der Waals surface area contributed by atoms with Crippen molar-refractivity contribution in [2.45, 2.75) is 38.9 Å². The molecule has 1 aromatic carbocycles. The highest BCUT2D eigenvalue weighted by Gasteiger charge is 2.24. The lowest BCUT2D eigenvalue weighted by Gasteiger charge is -2.20. The molecule has 2 rings (SSSR count). The van der Waals surface area contributed by atoms with Crippen LogP contribution >= 0.6 is 0 Å². The molecule has 1 fully saturated rings. The van der Waals surface area contributed by atoms with Crippen molar-refractivity contribution in [3.63, 3.8) is 0 Å². The molecule has 1 N–H and O–H groups in total. The van der Waals surface area contributed by atoms with Gasteiger partial charge in [0, 0.05) is 20.2 Å². The SMILES string of the molecule is CC(C)Oc1ccc(N(C)S(=O)(=O)CCNC(=O)C2CCCO2)cc1. The van der Waals surface area contributed by atoms with Crippen molar-refractivity contribution in [3.8, 4) is 5.75 Å². The Balaban J connectivity index is 1.88. The molecule has 1 heterocycles. The van der Waals surface area contributed by atoms with Gasteiger partial charge in [0.05, 0.1) is 17.5 Å². The molecule has 140 valence electrons. The van der Waals surface area contributed by atoms with Gasteiger partial charge in [0.2, 0.25) is 15.9 Å². The van der Waals surface area contributed by atoms with Gasteiger partial charge in [0.25, 0.3) is 0 Å². The van der Waals surface area contributed by atoms with Crippen LogP contribution in [0.1, 0.15) is 26.7 Å². The predicted molar refractivity (Wildman–Crippen MR) is 96.4 cm³/mol. The van der Waals surface area contributed by atoms with Crippen molar-refractivity contribution in [2.75, 3.05) is 30.3 Å². The van der Waals surface area contributed by atoms with Crippen LogP contribution in [0.15, 0.2) is 24.3 Å². The summed E-state index contributed by atoms with van der Waals surface area (Å²) in [6.45, 7) is 4.49. The van der Waals surface area contributed by atoms with E-state index < -0.39 is 16.1 Å². The quantitative estimate of drug-likeness (QED) is 0.750. The number of ether oxygens (including phenoxy) is 2. The van der Waals surface area contributed by atoms with Crippen LogP contribution < -0.4 is 14.4 Å². The minimum absolute atomic E-state index is 0.0553.